The third-order valence-corrected chi connectivity index (χ3v) is 4.24. The third kappa shape index (κ3) is 4.22. The van der Waals surface area contributed by atoms with Gasteiger partial charge in [-0.1, -0.05) is 27.7 Å². The summed E-state index contributed by atoms with van der Waals surface area (Å²) in [7, 11) is 1.78. The summed E-state index contributed by atoms with van der Waals surface area (Å²) < 4.78 is 5.59. The zero-order valence-corrected chi connectivity index (χ0v) is 13.5. The Balaban J connectivity index is 5.22. The second-order valence-corrected chi connectivity index (χ2v) is 5.96. The molecule has 0 saturated heterocycles. The first-order valence-electron chi connectivity index (χ1n) is 7.36. The molecule has 0 aromatic rings. The van der Waals surface area contributed by atoms with Crippen LogP contribution in [-0.4, -0.2) is 42.8 Å². The maximum Gasteiger partial charge on any atom is 0.0736 e. The monoisotopic (exact) mass is 258 g/mol. The molecule has 2 N–H and O–H groups in total. The van der Waals surface area contributed by atoms with Gasteiger partial charge >= 0.3 is 0 Å². The van der Waals surface area contributed by atoms with E-state index in [1.165, 1.54) is 0 Å². The van der Waals surface area contributed by atoms with E-state index >= 15 is 0 Å². The molecular formula is C15H34N2O. The van der Waals surface area contributed by atoms with Gasteiger partial charge in [0, 0.05) is 26.2 Å². The summed E-state index contributed by atoms with van der Waals surface area (Å²) in [5.74, 6) is 0.639. The number of hydrogen-bond acceptors (Lipinski definition) is 3. The summed E-state index contributed by atoms with van der Waals surface area (Å²) in [6, 6.07) is 0.582. The molecule has 0 aliphatic heterocycles. The predicted octanol–water partition coefficient (Wildman–Crippen LogP) is 2.89. The fraction of sp³-hybridized carbons (Fsp3) is 1.00. The van der Waals surface area contributed by atoms with E-state index in [4.69, 9.17) is 10.5 Å². The van der Waals surface area contributed by atoms with Gasteiger partial charge in [-0.3, -0.25) is 4.90 Å². The molecule has 0 amide bonds. The Morgan fingerprint density at radius 2 is 1.67 bits per heavy atom. The topological polar surface area (TPSA) is 38.5 Å². The number of rotatable bonds is 9. The van der Waals surface area contributed by atoms with Gasteiger partial charge in [0.25, 0.3) is 0 Å². The Hall–Kier alpha value is -0.120. The van der Waals surface area contributed by atoms with Crippen LogP contribution in [0.3, 0.4) is 0 Å². The molecule has 0 bridgehead atoms. The minimum atomic E-state index is -0.0876. The first-order valence-corrected chi connectivity index (χ1v) is 7.36. The molecule has 2 atom stereocenters. The van der Waals surface area contributed by atoms with Crippen molar-refractivity contribution in [2.75, 3.05) is 20.2 Å². The van der Waals surface area contributed by atoms with Crippen LogP contribution < -0.4 is 5.73 Å². The maximum atomic E-state index is 6.09. The van der Waals surface area contributed by atoms with E-state index in [1.54, 1.807) is 7.11 Å². The quantitative estimate of drug-likeness (QED) is 0.691. The van der Waals surface area contributed by atoms with Crippen LogP contribution in [0, 0.1) is 5.92 Å². The summed E-state index contributed by atoms with van der Waals surface area (Å²) in [5.41, 5.74) is 6.00. The van der Waals surface area contributed by atoms with Crippen LogP contribution in [-0.2, 0) is 4.74 Å². The van der Waals surface area contributed by atoms with Crippen molar-refractivity contribution in [2.45, 2.75) is 72.1 Å². The highest BCUT2D eigenvalue weighted by Gasteiger charge is 2.39. The van der Waals surface area contributed by atoms with Crippen molar-refractivity contribution in [1.29, 1.82) is 0 Å². The van der Waals surface area contributed by atoms with Gasteiger partial charge in [-0.2, -0.15) is 0 Å². The molecule has 0 spiro atoms. The summed E-state index contributed by atoms with van der Waals surface area (Å²) in [6.45, 7) is 15.1. The van der Waals surface area contributed by atoms with Gasteiger partial charge in [-0.05, 0) is 32.6 Å². The summed E-state index contributed by atoms with van der Waals surface area (Å²) >= 11 is 0. The van der Waals surface area contributed by atoms with E-state index in [0.717, 1.165) is 19.4 Å². The van der Waals surface area contributed by atoms with E-state index in [1.807, 2.05) is 0 Å². The molecular weight excluding hydrogens is 224 g/mol. The van der Waals surface area contributed by atoms with Gasteiger partial charge in [-0.15, -0.1) is 0 Å². The fourth-order valence-corrected chi connectivity index (χ4v) is 2.67. The Morgan fingerprint density at radius 3 is 1.94 bits per heavy atom. The van der Waals surface area contributed by atoms with Crippen LogP contribution in [0.25, 0.3) is 0 Å². The van der Waals surface area contributed by atoms with Gasteiger partial charge in [0.05, 0.1) is 11.6 Å². The molecule has 0 aliphatic carbocycles. The Morgan fingerprint density at radius 1 is 1.17 bits per heavy atom. The second-order valence-electron chi connectivity index (χ2n) is 5.96. The number of methoxy groups -OCH3 is 1. The summed E-state index contributed by atoms with van der Waals surface area (Å²) in [4.78, 5) is 2.58. The molecule has 18 heavy (non-hydrogen) atoms. The average Bonchev–Trinajstić information content (AvgIpc) is 2.36. The minimum Gasteiger partial charge on any atom is -0.380 e. The van der Waals surface area contributed by atoms with Gasteiger partial charge in [-0.25, -0.2) is 0 Å². The van der Waals surface area contributed by atoms with E-state index in [2.05, 4.69) is 46.4 Å². The molecule has 0 aromatic carbocycles. The average molecular weight is 258 g/mol. The maximum absolute atomic E-state index is 6.09. The normalized spacial score (nSPS) is 17.5. The first kappa shape index (κ1) is 17.9. The molecule has 0 aromatic heterocycles. The molecule has 0 aliphatic rings. The zero-order valence-electron chi connectivity index (χ0n) is 13.5. The summed E-state index contributed by atoms with van der Waals surface area (Å²) in [6.07, 6.45) is 2.46. The molecule has 2 unspecified atom stereocenters. The Labute approximate surface area is 114 Å². The van der Waals surface area contributed by atoms with Crippen LogP contribution in [0.15, 0.2) is 0 Å². The highest BCUT2D eigenvalue weighted by molar-refractivity contribution is 4.96. The van der Waals surface area contributed by atoms with Crippen molar-refractivity contribution in [3.63, 3.8) is 0 Å². The first-order chi connectivity index (χ1) is 8.37. The van der Waals surface area contributed by atoms with Crippen LogP contribution in [0.5, 0.6) is 0 Å². The second kappa shape index (κ2) is 8.13. The van der Waals surface area contributed by atoms with Crippen molar-refractivity contribution < 1.29 is 4.74 Å². The van der Waals surface area contributed by atoms with Crippen molar-refractivity contribution in [3.05, 3.63) is 0 Å². The van der Waals surface area contributed by atoms with E-state index < -0.39 is 0 Å². The molecule has 0 fully saturated rings. The molecule has 3 nitrogen and oxygen atoms in total. The lowest BCUT2D eigenvalue weighted by molar-refractivity contribution is -0.0575. The van der Waals surface area contributed by atoms with Crippen LogP contribution in [0.2, 0.25) is 0 Å². The zero-order chi connectivity index (χ0) is 14.3. The fourth-order valence-electron chi connectivity index (χ4n) is 2.67. The SMILES string of the molecule is CCC(CC)N(CC(C)C)C(C)(CN)C(C)OC. The van der Waals surface area contributed by atoms with Gasteiger partial charge in [0.2, 0.25) is 0 Å². The van der Waals surface area contributed by atoms with Crippen molar-refractivity contribution in [1.82, 2.24) is 4.90 Å². The van der Waals surface area contributed by atoms with Gasteiger partial charge in [0.1, 0.15) is 0 Å². The summed E-state index contributed by atoms with van der Waals surface area (Å²) in [5, 5.41) is 0. The molecule has 0 heterocycles. The molecule has 0 saturated carbocycles. The third-order valence-electron chi connectivity index (χ3n) is 4.24. The smallest absolute Gasteiger partial charge is 0.0736 e. The Bertz CT molecular complexity index is 217. The van der Waals surface area contributed by atoms with Crippen LogP contribution >= 0.6 is 0 Å². The lowest BCUT2D eigenvalue weighted by atomic mass is 9.89. The number of nitrogens with zero attached hydrogens (tertiary/aromatic N) is 1. The van der Waals surface area contributed by atoms with E-state index in [9.17, 15) is 0 Å². The number of nitrogens with two attached hydrogens (primary N) is 1. The largest absolute Gasteiger partial charge is 0.380 e. The molecule has 110 valence electrons. The lowest BCUT2D eigenvalue weighted by Crippen LogP contribution is -2.62. The van der Waals surface area contributed by atoms with Crippen molar-refractivity contribution in [2.24, 2.45) is 11.7 Å². The van der Waals surface area contributed by atoms with Gasteiger partial charge in [0.15, 0.2) is 0 Å². The lowest BCUT2D eigenvalue weighted by Gasteiger charge is -2.48. The minimum absolute atomic E-state index is 0.0876. The van der Waals surface area contributed by atoms with Crippen molar-refractivity contribution >= 4 is 0 Å². The molecule has 0 radical (unpaired) electrons. The van der Waals surface area contributed by atoms with Gasteiger partial charge < -0.3 is 10.5 Å². The van der Waals surface area contributed by atoms with Crippen LogP contribution in [0.1, 0.15) is 54.4 Å². The van der Waals surface area contributed by atoms with Crippen molar-refractivity contribution in [3.8, 4) is 0 Å². The standard InChI is InChI=1S/C15H34N2O/c1-8-14(9-2)17(10-12(3)4)15(6,11-16)13(5)18-7/h12-14H,8-11,16H2,1-7H3. The highest BCUT2D eigenvalue weighted by atomic mass is 16.5. The van der Waals surface area contributed by atoms with E-state index in [0.29, 0.717) is 18.5 Å². The van der Waals surface area contributed by atoms with E-state index in [-0.39, 0.29) is 11.6 Å². The predicted molar refractivity (Wildman–Crippen MR) is 79.8 cm³/mol. The van der Waals surface area contributed by atoms with Crippen LogP contribution in [0.4, 0.5) is 0 Å². The Kier molecular flexibility index (Phi) is 8.08. The number of ether oxygens (including phenoxy) is 1. The molecule has 3 heteroatoms. The molecule has 0 rings (SSSR count). The number of hydrogen-bond donors (Lipinski definition) is 1. The highest BCUT2D eigenvalue weighted by Crippen LogP contribution is 2.27.